The van der Waals surface area contributed by atoms with Crippen LogP contribution in [0.25, 0.3) is 0 Å². The molecule has 0 aliphatic heterocycles. The van der Waals surface area contributed by atoms with E-state index < -0.39 is 5.60 Å². The summed E-state index contributed by atoms with van der Waals surface area (Å²) in [6.45, 7) is 7.09. The average Bonchev–Trinajstić information content (AvgIpc) is 2.96. The number of fused-ring (bicyclic) bond motifs is 5. The molecule has 4 saturated carbocycles. The van der Waals surface area contributed by atoms with Crippen molar-refractivity contribution in [2.75, 3.05) is 7.11 Å². The van der Waals surface area contributed by atoms with Gasteiger partial charge in [0.1, 0.15) is 0 Å². The van der Waals surface area contributed by atoms with Crippen LogP contribution in [0, 0.1) is 40.4 Å². The van der Waals surface area contributed by atoms with Gasteiger partial charge in [0.2, 0.25) is 0 Å². The van der Waals surface area contributed by atoms with Crippen LogP contribution in [0.3, 0.4) is 0 Å². The van der Waals surface area contributed by atoms with E-state index in [9.17, 15) is 9.90 Å². The molecule has 3 heteroatoms. The van der Waals surface area contributed by atoms with Crippen molar-refractivity contribution >= 4 is 5.97 Å². The number of allylic oxidation sites excluding steroid dienone is 1. The Balaban J connectivity index is 1.54. The predicted octanol–water partition coefficient (Wildman–Crippen LogP) is 5.13. The van der Waals surface area contributed by atoms with Crippen molar-refractivity contribution in [2.45, 2.75) is 84.2 Å². The summed E-state index contributed by atoms with van der Waals surface area (Å²) in [5, 5.41) is 10.6. The summed E-state index contributed by atoms with van der Waals surface area (Å²) in [5.41, 5.74) is 0.318. The van der Waals surface area contributed by atoms with E-state index in [0.29, 0.717) is 22.7 Å². The molecular formula is C24H38O3. The second-order valence-electron chi connectivity index (χ2n) is 11.0. The third-order valence-electron chi connectivity index (χ3n) is 9.69. The first-order chi connectivity index (χ1) is 12.7. The molecule has 0 bridgehead atoms. The Morgan fingerprint density at radius 2 is 1.70 bits per heavy atom. The van der Waals surface area contributed by atoms with Crippen molar-refractivity contribution in [3.05, 3.63) is 12.2 Å². The Morgan fingerprint density at radius 1 is 0.963 bits per heavy atom. The molecule has 0 spiro atoms. The van der Waals surface area contributed by atoms with E-state index in [0.717, 1.165) is 30.6 Å². The third kappa shape index (κ3) is 3.09. The van der Waals surface area contributed by atoms with Crippen LogP contribution in [0.2, 0.25) is 0 Å². The SMILES string of the molecule is COC(=O)C=C[C@H]1CC[C@H]2[C@@H]3CC[C@H]4C[C@@](C)(O)CC[C@]4(C)[C@H]3CC[C@]12C. The molecule has 0 radical (unpaired) electrons. The van der Waals surface area contributed by atoms with Crippen LogP contribution in [0.4, 0.5) is 0 Å². The van der Waals surface area contributed by atoms with Gasteiger partial charge in [0.25, 0.3) is 0 Å². The third-order valence-corrected chi connectivity index (χ3v) is 9.69. The molecule has 0 saturated heterocycles. The van der Waals surface area contributed by atoms with E-state index in [-0.39, 0.29) is 5.97 Å². The lowest BCUT2D eigenvalue weighted by Gasteiger charge is -2.61. The predicted molar refractivity (Wildman–Crippen MR) is 107 cm³/mol. The number of methoxy groups -OCH3 is 1. The second-order valence-corrected chi connectivity index (χ2v) is 11.0. The Hall–Kier alpha value is -0.830. The molecule has 27 heavy (non-hydrogen) atoms. The summed E-state index contributed by atoms with van der Waals surface area (Å²) >= 11 is 0. The fraction of sp³-hybridized carbons (Fsp3) is 0.875. The maximum absolute atomic E-state index is 11.6. The van der Waals surface area contributed by atoms with Crippen LogP contribution in [-0.2, 0) is 9.53 Å². The fourth-order valence-corrected chi connectivity index (χ4v) is 8.05. The zero-order valence-electron chi connectivity index (χ0n) is 17.7. The highest BCUT2D eigenvalue weighted by Gasteiger charge is 2.60. The van der Waals surface area contributed by atoms with Gasteiger partial charge in [0, 0.05) is 6.08 Å². The fourth-order valence-electron chi connectivity index (χ4n) is 8.05. The van der Waals surface area contributed by atoms with Crippen LogP contribution in [0.1, 0.15) is 78.6 Å². The Morgan fingerprint density at radius 3 is 2.44 bits per heavy atom. The molecule has 8 atom stereocenters. The minimum Gasteiger partial charge on any atom is -0.466 e. The van der Waals surface area contributed by atoms with Gasteiger partial charge in [-0.1, -0.05) is 19.9 Å². The van der Waals surface area contributed by atoms with Gasteiger partial charge in [-0.3, -0.25) is 0 Å². The smallest absolute Gasteiger partial charge is 0.330 e. The van der Waals surface area contributed by atoms with Crippen molar-refractivity contribution < 1.29 is 14.6 Å². The van der Waals surface area contributed by atoms with Gasteiger partial charge >= 0.3 is 5.97 Å². The van der Waals surface area contributed by atoms with Crippen molar-refractivity contribution in [3.8, 4) is 0 Å². The van der Waals surface area contributed by atoms with Gasteiger partial charge in [0.05, 0.1) is 12.7 Å². The van der Waals surface area contributed by atoms with E-state index in [1.165, 1.54) is 52.1 Å². The normalized spacial score (nSPS) is 52.1. The van der Waals surface area contributed by atoms with E-state index >= 15 is 0 Å². The number of hydrogen-bond donors (Lipinski definition) is 1. The molecule has 4 aliphatic rings. The minimum atomic E-state index is -0.447. The molecule has 0 heterocycles. The van der Waals surface area contributed by atoms with Gasteiger partial charge in [-0.2, -0.15) is 0 Å². The maximum atomic E-state index is 11.6. The number of esters is 1. The van der Waals surface area contributed by atoms with E-state index in [2.05, 4.69) is 19.9 Å². The number of carbonyl (C=O) groups is 1. The molecule has 1 N–H and O–H groups in total. The molecule has 0 unspecified atom stereocenters. The molecule has 4 fully saturated rings. The van der Waals surface area contributed by atoms with Crippen LogP contribution in [0.5, 0.6) is 0 Å². The molecule has 3 nitrogen and oxygen atoms in total. The van der Waals surface area contributed by atoms with E-state index in [1.807, 2.05) is 6.92 Å². The van der Waals surface area contributed by atoms with Gasteiger partial charge in [-0.15, -0.1) is 0 Å². The largest absolute Gasteiger partial charge is 0.466 e. The van der Waals surface area contributed by atoms with Crippen molar-refractivity contribution in [1.82, 2.24) is 0 Å². The highest BCUT2D eigenvalue weighted by Crippen LogP contribution is 2.68. The summed E-state index contributed by atoms with van der Waals surface area (Å²) in [4.78, 5) is 11.6. The lowest BCUT2D eigenvalue weighted by Crippen LogP contribution is -2.55. The first-order valence-corrected chi connectivity index (χ1v) is 11.2. The number of aliphatic hydroxyl groups is 1. The number of ether oxygens (including phenoxy) is 1. The minimum absolute atomic E-state index is 0.224. The van der Waals surface area contributed by atoms with Gasteiger partial charge < -0.3 is 9.84 Å². The maximum Gasteiger partial charge on any atom is 0.330 e. The molecule has 0 aromatic heterocycles. The van der Waals surface area contributed by atoms with Crippen LogP contribution < -0.4 is 0 Å². The molecule has 152 valence electrons. The number of carbonyl (C=O) groups excluding carboxylic acids is 1. The number of rotatable bonds is 2. The highest BCUT2D eigenvalue weighted by molar-refractivity contribution is 5.81. The van der Waals surface area contributed by atoms with E-state index in [4.69, 9.17) is 4.74 Å². The summed E-state index contributed by atoms with van der Waals surface area (Å²) in [6.07, 6.45) is 14.7. The molecule has 0 amide bonds. The summed E-state index contributed by atoms with van der Waals surface area (Å²) in [5.74, 6) is 3.45. The summed E-state index contributed by atoms with van der Waals surface area (Å²) < 4.78 is 4.81. The van der Waals surface area contributed by atoms with E-state index in [1.54, 1.807) is 6.08 Å². The van der Waals surface area contributed by atoms with Crippen molar-refractivity contribution in [2.24, 2.45) is 40.4 Å². The van der Waals surface area contributed by atoms with Crippen LogP contribution >= 0.6 is 0 Å². The summed E-state index contributed by atoms with van der Waals surface area (Å²) in [7, 11) is 1.46. The van der Waals surface area contributed by atoms with Crippen molar-refractivity contribution in [3.63, 3.8) is 0 Å². The molecule has 0 aromatic carbocycles. The van der Waals surface area contributed by atoms with Gasteiger partial charge in [-0.05, 0) is 105 Å². The average molecular weight is 375 g/mol. The Bertz CT molecular complexity index is 623. The zero-order valence-corrected chi connectivity index (χ0v) is 17.7. The quantitative estimate of drug-likeness (QED) is 0.539. The topological polar surface area (TPSA) is 46.5 Å². The lowest BCUT2D eigenvalue weighted by molar-refractivity contribution is -0.144. The Labute approximate surface area is 164 Å². The van der Waals surface area contributed by atoms with Crippen LogP contribution in [-0.4, -0.2) is 23.8 Å². The summed E-state index contributed by atoms with van der Waals surface area (Å²) in [6, 6.07) is 0. The van der Waals surface area contributed by atoms with Crippen molar-refractivity contribution in [1.29, 1.82) is 0 Å². The van der Waals surface area contributed by atoms with Gasteiger partial charge in [0.15, 0.2) is 0 Å². The first-order valence-electron chi connectivity index (χ1n) is 11.2. The molecular weight excluding hydrogens is 336 g/mol. The monoisotopic (exact) mass is 374 g/mol. The standard InChI is InChI=1S/C24H38O3/c1-22(26)13-14-24(3)17(15-22)5-8-18-19-9-6-16(7-10-21(25)27-4)23(19,2)12-11-20(18)24/h7,10,16-20,26H,5-6,8-9,11-15H2,1-4H3/t16-,17+,18+,19+,20+,22+,23-,24+/m1/s1. The number of hydrogen-bond acceptors (Lipinski definition) is 3. The molecule has 0 aromatic rings. The lowest BCUT2D eigenvalue weighted by atomic mass is 9.44. The van der Waals surface area contributed by atoms with Gasteiger partial charge in [-0.25, -0.2) is 4.79 Å². The highest BCUT2D eigenvalue weighted by atomic mass is 16.5. The molecule has 4 rings (SSSR count). The first kappa shape index (κ1) is 19.5. The Kier molecular flexibility index (Phi) is 4.77. The molecule has 4 aliphatic carbocycles. The zero-order chi connectivity index (χ0) is 19.4. The van der Waals surface area contributed by atoms with Crippen LogP contribution in [0.15, 0.2) is 12.2 Å². The second kappa shape index (κ2) is 6.61.